The second-order valence-corrected chi connectivity index (χ2v) is 5.82. The molecule has 1 unspecified atom stereocenters. The lowest BCUT2D eigenvalue weighted by Gasteiger charge is -2.26. The molecule has 3 aromatic rings. The Morgan fingerprint density at radius 3 is 3.12 bits per heavy atom. The van der Waals surface area contributed by atoms with Crippen molar-refractivity contribution in [3.8, 4) is 0 Å². The predicted octanol–water partition coefficient (Wildman–Crippen LogP) is 1.64. The second kappa shape index (κ2) is 6.31. The fourth-order valence-corrected chi connectivity index (χ4v) is 3.20. The first-order chi connectivity index (χ1) is 11.8. The molecule has 0 aliphatic carbocycles. The van der Waals surface area contributed by atoms with Crippen LogP contribution in [0.1, 0.15) is 12.8 Å². The Balaban J connectivity index is 1.50. The third-order valence-corrected chi connectivity index (χ3v) is 4.41. The van der Waals surface area contributed by atoms with Crippen LogP contribution in [0, 0.1) is 0 Å². The van der Waals surface area contributed by atoms with Crippen molar-refractivity contribution in [1.29, 1.82) is 0 Å². The van der Waals surface area contributed by atoms with E-state index in [0.717, 1.165) is 48.9 Å². The maximum absolute atomic E-state index is 4.44. The van der Waals surface area contributed by atoms with E-state index in [1.165, 1.54) is 0 Å². The summed E-state index contributed by atoms with van der Waals surface area (Å²) >= 11 is 0. The van der Waals surface area contributed by atoms with Crippen molar-refractivity contribution >= 4 is 23.0 Å². The molecule has 2 N–H and O–H groups in total. The first-order valence-electron chi connectivity index (χ1n) is 8.14. The van der Waals surface area contributed by atoms with Gasteiger partial charge in [0.1, 0.15) is 23.5 Å². The van der Waals surface area contributed by atoms with Crippen LogP contribution in [-0.4, -0.2) is 50.7 Å². The summed E-state index contributed by atoms with van der Waals surface area (Å²) in [5.74, 6) is 2.67. The molecule has 0 saturated carbocycles. The van der Waals surface area contributed by atoms with Gasteiger partial charge in [-0.3, -0.25) is 0 Å². The number of aromatic nitrogens is 5. The van der Waals surface area contributed by atoms with Crippen molar-refractivity contribution in [3.05, 3.63) is 37.1 Å². The van der Waals surface area contributed by atoms with Crippen molar-refractivity contribution < 1.29 is 0 Å². The highest BCUT2D eigenvalue weighted by Crippen LogP contribution is 2.25. The number of hydrogen-bond donors (Lipinski definition) is 2. The molecular formula is C16H20N8. The molecule has 0 radical (unpaired) electrons. The van der Waals surface area contributed by atoms with Gasteiger partial charge in [-0.15, -0.1) is 0 Å². The summed E-state index contributed by atoms with van der Waals surface area (Å²) in [7, 11) is 1.87. The Labute approximate surface area is 139 Å². The van der Waals surface area contributed by atoms with Gasteiger partial charge in [-0.05, 0) is 18.9 Å². The van der Waals surface area contributed by atoms with Crippen molar-refractivity contribution in [2.75, 3.05) is 35.7 Å². The SMILES string of the molecule is CNc1cc(N2CCCC2CNc2nccn3nccc23)ncn1. The van der Waals surface area contributed by atoms with Crippen LogP contribution < -0.4 is 15.5 Å². The second-order valence-electron chi connectivity index (χ2n) is 5.82. The van der Waals surface area contributed by atoms with E-state index in [-0.39, 0.29) is 0 Å². The number of anilines is 3. The fourth-order valence-electron chi connectivity index (χ4n) is 3.20. The van der Waals surface area contributed by atoms with E-state index in [1.807, 2.05) is 29.9 Å². The van der Waals surface area contributed by atoms with Crippen LogP contribution in [-0.2, 0) is 0 Å². The molecule has 1 saturated heterocycles. The quantitative estimate of drug-likeness (QED) is 0.738. The van der Waals surface area contributed by atoms with Gasteiger partial charge < -0.3 is 15.5 Å². The molecule has 124 valence electrons. The van der Waals surface area contributed by atoms with Gasteiger partial charge in [0.25, 0.3) is 0 Å². The Morgan fingerprint density at radius 1 is 1.25 bits per heavy atom. The number of nitrogens with zero attached hydrogens (tertiary/aromatic N) is 6. The number of fused-ring (bicyclic) bond motifs is 1. The molecule has 0 spiro atoms. The molecule has 24 heavy (non-hydrogen) atoms. The lowest BCUT2D eigenvalue weighted by molar-refractivity contribution is 0.689. The third-order valence-electron chi connectivity index (χ3n) is 4.41. The third kappa shape index (κ3) is 2.70. The molecule has 0 aromatic carbocycles. The minimum absolute atomic E-state index is 0.384. The van der Waals surface area contributed by atoms with Gasteiger partial charge in [-0.25, -0.2) is 19.5 Å². The van der Waals surface area contributed by atoms with Gasteiger partial charge >= 0.3 is 0 Å². The zero-order valence-electron chi connectivity index (χ0n) is 13.6. The summed E-state index contributed by atoms with van der Waals surface area (Å²) in [5.41, 5.74) is 0.988. The minimum atomic E-state index is 0.384. The zero-order chi connectivity index (χ0) is 16.4. The van der Waals surface area contributed by atoms with Crippen LogP contribution in [0.2, 0.25) is 0 Å². The standard InChI is InChI=1S/C16H20N8/c1-17-14-9-15(21-11-20-14)23-7-2-3-12(23)10-19-16-13-4-5-22-24(13)8-6-18-16/h4-6,8-9,11-12H,2-3,7,10H2,1H3,(H,18,19)(H,17,20,21). The Kier molecular flexibility index (Phi) is 3.86. The largest absolute Gasteiger partial charge is 0.373 e. The molecule has 0 bridgehead atoms. The topological polar surface area (TPSA) is 83.3 Å². The van der Waals surface area contributed by atoms with Gasteiger partial charge in [0.2, 0.25) is 0 Å². The lowest BCUT2D eigenvalue weighted by atomic mass is 10.2. The van der Waals surface area contributed by atoms with E-state index in [1.54, 1.807) is 18.7 Å². The van der Waals surface area contributed by atoms with Crippen LogP contribution in [0.3, 0.4) is 0 Å². The molecule has 4 heterocycles. The minimum Gasteiger partial charge on any atom is -0.373 e. The first-order valence-corrected chi connectivity index (χ1v) is 8.14. The summed E-state index contributed by atoms with van der Waals surface area (Å²) in [6.45, 7) is 1.83. The van der Waals surface area contributed by atoms with E-state index >= 15 is 0 Å². The smallest absolute Gasteiger partial charge is 0.152 e. The predicted molar refractivity (Wildman–Crippen MR) is 93.4 cm³/mol. The van der Waals surface area contributed by atoms with Crippen LogP contribution in [0.25, 0.3) is 5.52 Å². The summed E-state index contributed by atoms with van der Waals surface area (Å²) in [5, 5.41) is 10.8. The number of hydrogen-bond acceptors (Lipinski definition) is 7. The average molecular weight is 324 g/mol. The van der Waals surface area contributed by atoms with Crippen molar-refractivity contribution in [2.45, 2.75) is 18.9 Å². The highest BCUT2D eigenvalue weighted by atomic mass is 15.3. The molecule has 1 fully saturated rings. The zero-order valence-corrected chi connectivity index (χ0v) is 13.6. The number of nitrogens with one attached hydrogen (secondary N) is 2. The molecule has 1 aliphatic heterocycles. The van der Waals surface area contributed by atoms with E-state index < -0.39 is 0 Å². The molecule has 8 nitrogen and oxygen atoms in total. The van der Waals surface area contributed by atoms with Crippen LogP contribution >= 0.6 is 0 Å². The van der Waals surface area contributed by atoms with Crippen molar-refractivity contribution in [3.63, 3.8) is 0 Å². The van der Waals surface area contributed by atoms with Gasteiger partial charge in [0.15, 0.2) is 5.82 Å². The van der Waals surface area contributed by atoms with Gasteiger partial charge in [0.05, 0.1) is 6.20 Å². The van der Waals surface area contributed by atoms with Crippen LogP contribution in [0.4, 0.5) is 17.5 Å². The van der Waals surface area contributed by atoms with Crippen molar-refractivity contribution in [2.24, 2.45) is 0 Å². The van der Waals surface area contributed by atoms with E-state index in [2.05, 4.69) is 35.6 Å². The van der Waals surface area contributed by atoms with Gasteiger partial charge in [-0.1, -0.05) is 0 Å². The maximum atomic E-state index is 4.44. The highest BCUT2D eigenvalue weighted by Gasteiger charge is 2.26. The summed E-state index contributed by atoms with van der Waals surface area (Å²) in [4.78, 5) is 15.4. The summed E-state index contributed by atoms with van der Waals surface area (Å²) < 4.78 is 1.82. The van der Waals surface area contributed by atoms with Gasteiger partial charge in [0, 0.05) is 44.6 Å². The summed E-state index contributed by atoms with van der Waals surface area (Å²) in [6, 6.07) is 4.34. The van der Waals surface area contributed by atoms with Gasteiger partial charge in [-0.2, -0.15) is 5.10 Å². The first kappa shape index (κ1) is 14.7. The van der Waals surface area contributed by atoms with Crippen LogP contribution in [0.5, 0.6) is 0 Å². The van der Waals surface area contributed by atoms with Crippen LogP contribution in [0.15, 0.2) is 37.1 Å². The Hall–Kier alpha value is -2.90. The molecule has 1 aliphatic rings. The lowest BCUT2D eigenvalue weighted by Crippen LogP contribution is -2.35. The Morgan fingerprint density at radius 2 is 2.21 bits per heavy atom. The summed E-state index contributed by atoms with van der Waals surface area (Å²) in [6.07, 6.45) is 9.30. The molecular weight excluding hydrogens is 304 g/mol. The van der Waals surface area contributed by atoms with E-state index in [0.29, 0.717) is 6.04 Å². The molecule has 1 atom stereocenters. The molecule has 8 heteroatoms. The molecule has 0 amide bonds. The molecule has 3 aromatic heterocycles. The van der Waals surface area contributed by atoms with Crippen molar-refractivity contribution in [1.82, 2.24) is 24.6 Å². The van der Waals surface area contributed by atoms with E-state index in [9.17, 15) is 0 Å². The fraction of sp³-hybridized carbons (Fsp3) is 0.375. The average Bonchev–Trinajstić information content (AvgIpc) is 3.29. The normalized spacial score (nSPS) is 17.4. The Bertz CT molecular complexity index is 830. The van der Waals surface area contributed by atoms with E-state index in [4.69, 9.17) is 0 Å². The highest BCUT2D eigenvalue weighted by molar-refractivity contribution is 5.66. The maximum Gasteiger partial charge on any atom is 0.152 e. The molecule has 4 rings (SSSR count). The monoisotopic (exact) mass is 324 g/mol. The number of rotatable bonds is 5.